The van der Waals surface area contributed by atoms with Gasteiger partial charge in [-0.25, -0.2) is 0 Å². The number of epoxide rings is 1. The Bertz CT molecular complexity index is 253. The molecule has 0 radical (unpaired) electrons. The Balaban J connectivity index is 0.000000444. The van der Waals surface area contributed by atoms with Crippen LogP contribution in [-0.2, 0) is 18.0 Å². The number of rotatable bonds is 7. The van der Waals surface area contributed by atoms with Crippen molar-refractivity contribution < 1.29 is 18.0 Å². The van der Waals surface area contributed by atoms with Gasteiger partial charge in [0.15, 0.2) is 0 Å². The summed E-state index contributed by atoms with van der Waals surface area (Å²) in [6, 6.07) is 0.915. The molecule has 0 N–H and O–H groups in total. The molecule has 120 valence electrons. The minimum atomic E-state index is -2.35. The van der Waals surface area contributed by atoms with Crippen LogP contribution < -0.4 is 0 Å². The van der Waals surface area contributed by atoms with Gasteiger partial charge in [0.25, 0.3) is 0 Å². The van der Waals surface area contributed by atoms with Crippen LogP contribution in [0.25, 0.3) is 0 Å². The van der Waals surface area contributed by atoms with Gasteiger partial charge < -0.3 is 18.0 Å². The zero-order valence-corrected chi connectivity index (χ0v) is 15.2. The lowest BCUT2D eigenvalue weighted by atomic mass is 9.88. The second-order valence-corrected chi connectivity index (χ2v) is 8.99. The summed E-state index contributed by atoms with van der Waals surface area (Å²) in [5, 5.41) is 0. The molecule has 0 aromatic carbocycles. The highest BCUT2D eigenvalue weighted by Crippen LogP contribution is 2.41. The maximum atomic E-state index is 5.54. The molecule has 1 saturated carbocycles. The number of hydrogen-bond acceptors (Lipinski definition) is 5. The van der Waals surface area contributed by atoms with Crippen molar-refractivity contribution in [1.82, 2.24) is 0 Å². The largest absolute Gasteiger partial charge is 0.500 e. The van der Waals surface area contributed by atoms with Gasteiger partial charge in [-0.1, -0.05) is 6.92 Å². The van der Waals surface area contributed by atoms with Crippen LogP contribution in [0.3, 0.4) is 0 Å². The van der Waals surface area contributed by atoms with E-state index in [0.29, 0.717) is 12.2 Å². The average Bonchev–Trinajstić information content (AvgIpc) is 3.28. The monoisotopic (exact) mass is 322 g/mol. The second kappa shape index (κ2) is 9.43. The first-order valence-corrected chi connectivity index (χ1v) is 10.1. The van der Waals surface area contributed by atoms with Crippen molar-refractivity contribution in [2.24, 2.45) is 5.92 Å². The molecule has 4 nitrogen and oxygen atoms in total. The molecule has 2 rings (SSSR count). The topological polar surface area (TPSA) is 40.2 Å². The van der Waals surface area contributed by atoms with Gasteiger partial charge in [-0.3, -0.25) is 0 Å². The lowest BCUT2D eigenvalue weighted by Gasteiger charge is -2.27. The van der Waals surface area contributed by atoms with E-state index in [4.69, 9.17) is 18.0 Å². The lowest BCUT2D eigenvalue weighted by Crippen LogP contribution is -2.43. The summed E-state index contributed by atoms with van der Waals surface area (Å²) in [6.07, 6.45) is 7.19. The van der Waals surface area contributed by atoms with Gasteiger partial charge in [0.05, 0.1) is 12.2 Å². The first-order chi connectivity index (χ1) is 9.64. The summed E-state index contributed by atoms with van der Waals surface area (Å²) in [7, 11) is 2.69. The first kappa shape index (κ1) is 18.5. The maximum absolute atomic E-state index is 5.54. The molecule has 1 aliphatic carbocycles. The molecule has 1 aliphatic heterocycles. The smallest absolute Gasteiger partial charge is 0.377 e. The lowest BCUT2D eigenvalue weighted by molar-refractivity contribution is 0.120. The van der Waals surface area contributed by atoms with Gasteiger partial charge in [0, 0.05) is 27.4 Å². The summed E-state index contributed by atoms with van der Waals surface area (Å²) >= 11 is 3.92. The van der Waals surface area contributed by atoms with Crippen LogP contribution in [0.4, 0.5) is 0 Å². The highest BCUT2D eigenvalue weighted by molar-refractivity contribution is 7.80. The molecular formula is C14H30O4SSi. The Hall–Kier alpha value is 0.407. The van der Waals surface area contributed by atoms with E-state index in [-0.39, 0.29) is 0 Å². The number of ether oxygens (including phenoxy) is 1. The fourth-order valence-corrected chi connectivity index (χ4v) is 4.56. The number of hydrogen-bond donors (Lipinski definition) is 1. The minimum Gasteiger partial charge on any atom is -0.377 e. The number of thiol groups is 1. The minimum absolute atomic E-state index is 0.558. The molecule has 6 heteroatoms. The summed E-state index contributed by atoms with van der Waals surface area (Å²) in [5.74, 6) is 1.77. The predicted octanol–water partition coefficient (Wildman–Crippen LogP) is 3.15. The third-order valence-electron chi connectivity index (χ3n) is 4.13. The first-order valence-electron chi connectivity index (χ1n) is 7.56. The van der Waals surface area contributed by atoms with Crippen LogP contribution in [0.15, 0.2) is 0 Å². The van der Waals surface area contributed by atoms with Gasteiger partial charge in [0.2, 0.25) is 0 Å². The fourth-order valence-electron chi connectivity index (χ4n) is 2.69. The van der Waals surface area contributed by atoms with Crippen LogP contribution in [-0.4, -0.2) is 48.1 Å². The third kappa shape index (κ3) is 5.65. The third-order valence-corrected chi connectivity index (χ3v) is 7.34. The van der Waals surface area contributed by atoms with Crippen LogP contribution in [0.2, 0.25) is 6.04 Å². The molecule has 3 atom stereocenters. The Morgan fingerprint density at radius 1 is 1.10 bits per heavy atom. The van der Waals surface area contributed by atoms with Crippen molar-refractivity contribution in [2.45, 2.75) is 57.3 Å². The van der Waals surface area contributed by atoms with Crippen LogP contribution in [0.5, 0.6) is 0 Å². The predicted molar refractivity (Wildman–Crippen MR) is 86.4 cm³/mol. The van der Waals surface area contributed by atoms with E-state index < -0.39 is 8.80 Å². The Kier molecular flexibility index (Phi) is 8.70. The summed E-state index contributed by atoms with van der Waals surface area (Å²) in [4.78, 5) is 0. The second-order valence-electron chi connectivity index (χ2n) is 5.45. The molecule has 20 heavy (non-hydrogen) atoms. The molecule has 0 aromatic heterocycles. The van der Waals surface area contributed by atoms with Gasteiger partial charge in [0.1, 0.15) is 0 Å². The van der Waals surface area contributed by atoms with Crippen LogP contribution in [0, 0.1) is 5.92 Å². The quantitative estimate of drug-likeness (QED) is 0.444. The molecule has 0 bridgehead atoms. The van der Waals surface area contributed by atoms with E-state index in [1.165, 1.54) is 25.7 Å². The molecule has 0 aromatic rings. The van der Waals surface area contributed by atoms with E-state index in [0.717, 1.165) is 24.1 Å². The van der Waals surface area contributed by atoms with Gasteiger partial charge in [-0.15, -0.1) is 0 Å². The van der Waals surface area contributed by atoms with Gasteiger partial charge in [-0.05, 0) is 43.8 Å². The SMILES string of the molecule is CCCS.CO[Si](CCC1CCC2OC2C1)(OC)OC. The summed E-state index contributed by atoms with van der Waals surface area (Å²) < 4.78 is 21.8. The average molecular weight is 323 g/mol. The van der Waals surface area contributed by atoms with Crippen LogP contribution in [0.1, 0.15) is 39.0 Å². The zero-order chi connectivity index (χ0) is 15.0. The maximum Gasteiger partial charge on any atom is 0.500 e. The van der Waals surface area contributed by atoms with Crippen molar-refractivity contribution >= 4 is 21.4 Å². The fraction of sp³-hybridized carbons (Fsp3) is 1.00. The van der Waals surface area contributed by atoms with E-state index in [1.54, 1.807) is 21.3 Å². The molecule has 0 spiro atoms. The zero-order valence-electron chi connectivity index (χ0n) is 13.3. The molecule has 2 fully saturated rings. The molecular weight excluding hydrogens is 292 g/mol. The van der Waals surface area contributed by atoms with Gasteiger partial charge >= 0.3 is 8.80 Å². The molecule has 1 saturated heterocycles. The number of fused-ring (bicyclic) bond motifs is 1. The Morgan fingerprint density at radius 2 is 1.70 bits per heavy atom. The Morgan fingerprint density at radius 3 is 2.15 bits per heavy atom. The van der Waals surface area contributed by atoms with Crippen molar-refractivity contribution in [3.63, 3.8) is 0 Å². The highest BCUT2D eigenvalue weighted by Gasteiger charge is 2.45. The molecule has 1 heterocycles. The molecule has 0 amide bonds. The van der Waals surface area contributed by atoms with Gasteiger partial charge in [-0.2, -0.15) is 12.6 Å². The van der Waals surface area contributed by atoms with Crippen molar-refractivity contribution in [3.8, 4) is 0 Å². The van der Waals surface area contributed by atoms with Crippen molar-refractivity contribution in [2.75, 3.05) is 27.1 Å². The van der Waals surface area contributed by atoms with Crippen molar-refractivity contribution in [3.05, 3.63) is 0 Å². The Labute approximate surface area is 130 Å². The van der Waals surface area contributed by atoms with Crippen molar-refractivity contribution in [1.29, 1.82) is 0 Å². The van der Waals surface area contributed by atoms with E-state index in [1.807, 2.05) is 0 Å². The van der Waals surface area contributed by atoms with Crippen LogP contribution >= 0.6 is 12.6 Å². The van der Waals surface area contributed by atoms with E-state index in [9.17, 15) is 0 Å². The normalized spacial score (nSPS) is 28.4. The standard InChI is InChI=1S/C11H22O4Si.C3H8S/c1-12-16(13-2,14-3)7-6-9-4-5-10-11(8-9)15-10;1-2-3-4/h9-11H,4-8H2,1-3H3;4H,2-3H2,1H3. The highest BCUT2D eigenvalue weighted by atomic mass is 32.1. The molecule has 2 aliphatic rings. The molecule has 3 unspecified atom stereocenters. The van der Waals surface area contributed by atoms with E-state index >= 15 is 0 Å². The summed E-state index contributed by atoms with van der Waals surface area (Å²) in [5.41, 5.74) is 0. The van der Waals surface area contributed by atoms with E-state index in [2.05, 4.69) is 19.6 Å². The summed E-state index contributed by atoms with van der Waals surface area (Å²) in [6.45, 7) is 2.10.